The van der Waals surface area contributed by atoms with Crippen molar-refractivity contribution < 1.29 is 18.0 Å². The Morgan fingerprint density at radius 2 is 1.92 bits per heavy atom. The Labute approximate surface area is 203 Å². The number of hydrogen-bond acceptors (Lipinski definition) is 4. The van der Waals surface area contributed by atoms with Crippen molar-refractivity contribution in [3.63, 3.8) is 0 Å². The predicted molar refractivity (Wildman–Crippen MR) is 127 cm³/mol. The summed E-state index contributed by atoms with van der Waals surface area (Å²) in [6.45, 7) is 0.408. The molecule has 1 amide bonds. The van der Waals surface area contributed by atoms with E-state index >= 15 is 0 Å². The van der Waals surface area contributed by atoms with Gasteiger partial charge in [-0.2, -0.15) is 23.4 Å². The highest BCUT2D eigenvalue weighted by atomic mass is 19.4. The molecule has 3 aromatic heterocycles. The van der Waals surface area contributed by atoms with Gasteiger partial charge in [0.1, 0.15) is 5.82 Å². The zero-order chi connectivity index (χ0) is 25.0. The number of halogens is 3. The molecule has 184 valence electrons. The lowest BCUT2D eigenvalue weighted by molar-refractivity contribution is -0.137. The average Bonchev–Trinajstić information content (AvgIpc) is 3.36. The summed E-state index contributed by atoms with van der Waals surface area (Å²) in [4.78, 5) is 17.3. The van der Waals surface area contributed by atoms with E-state index in [9.17, 15) is 18.0 Å². The second kappa shape index (κ2) is 8.21. The number of alkyl halides is 3. The molecule has 2 aromatic carbocycles. The van der Waals surface area contributed by atoms with Gasteiger partial charge in [0.15, 0.2) is 11.5 Å². The summed E-state index contributed by atoms with van der Waals surface area (Å²) in [5.41, 5.74) is 1.67. The molecule has 1 saturated carbocycles. The summed E-state index contributed by atoms with van der Waals surface area (Å²) in [6.07, 6.45) is 0.224. The Hall–Kier alpha value is -4.15. The predicted octanol–water partition coefficient (Wildman–Crippen LogP) is 4.50. The highest BCUT2D eigenvalue weighted by Crippen LogP contribution is 2.38. The molecule has 36 heavy (non-hydrogen) atoms. The largest absolute Gasteiger partial charge is 0.416 e. The molecular formula is C25H22F3N7O. The van der Waals surface area contributed by atoms with E-state index in [1.165, 1.54) is 12.1 Å². The van der Waals surface area contributed by atoms with Crippen LogP contribution in [-0.2, 0) is 19.6 Å². The number of aryl methyl sites for hydroxylation is 1. The summed E-state index contributed by atoms with van der Waals surface area (Å²) in [6, 6.07) is 10.2. The lowest BCUT2D eigenvalue weighted by Crippen LogP contribution is -2.25. The van der Waals surface area contributed by atoms with Gasteiger partial charge < -0.3 is 5.32 Å². The Morgan fingerprint density at radius 1 is 1.14 bits per heavy atom. The molecule has 0 bridgehead atoms. The van der Waals surface area contributed by atoms with Crippen LogP contribution in [0, 0.1) is 0 Å². The van der Waals surface area contributed by atoms with E-state index in [1.54, 1.807) is 34.5 Å². The number of benzene rings is 2. The molecule has 1 aliphatic carbocycles. The average molecular weight is 493 g/mol. The van der Waals surface area contributed by atoms with E-state index < -0.39 is 11.7 Å². The topological polar surface area (TPSA) is 93.4 Å². The van der Waals surface area contributed by atoms with Gasteiger partial charge in [0, 0.05) is 54.2 Å². The van der Waals surface area contributed by atoms with E-state index in [-0.39, 0.29) is 5.91 Å². The number of rotatable bonds is 6. The molecule has 1 aliphatic rings. The highest BCUT2D eigenvalue weighted by molar-refractivity contribution is 6.10. The molecule has 2 N–H and O–H groups in total. The standard InChI is InChI=1S/C25H22F3N7O/c1-34-13-19-18-12-15(24(36)29-11-10-21-30-22(32-31-21)14-2-3-14)4-9-20(18)35(23(19)33-34)17-7-5-16(6-8-17)25(26,27)28/h4-9,12-14H,2-3,10-11H2,1H3,(H,29,36)(H,30,31,32). The van der Waals surface area contributed by atoms with Crippen LogP contribution < -0.4 is 5.32 Å². The first kappa shape index (κ1) is 22.3. The highest BCUT2D eigenvalue weighted by Gasteiger charge is 2.30. The molecule has 3 heterocycles. The summed E-state index contributed by atoms with van der Waals surface area (Å²) in [7, 11) is 1.78. The molecule has 5 aromatic rings. The number of amides is 1. The maximum Gasteiger partial charge on any atom is 0.416 e. The number of carbonyl (C=O) groups is 1. The van der Waals surface area contributed by atoms with Gasteiger partial charge in [0.05, 0.1) is 11.1 Å². The van der Waals surface area contributed by atoms with Crippen molar-refractivity contribution in [2.75, 3.05) is 6.54 Å². The van der Waals surface area contributed by atoms with E-state index in [0.29, 0.717) is 35.8 Å². The second-order valence-electron chi connectivity index (χ2n) is 9.07. The summed E-state index contributed by atoms with van der Waals surface area (Å²) >= 11 is 0. The molecule has 0 spiro atoms. The fraction of sp³-hybridized carbons (Fsp3) is 0.280. The van der Waals surface area contributed by atoms with E-state index in [4.69, 9.17) is 0 Å². The first-order chi connectivity index (χ1) is 17.3. The number of hydrogen-bond donors (Lipinski definition) is 2. The van der Waals surface area contributed by atoms with Crippen molar-refractivity contribution in [3.05, 3.63) is 71.4 Å². The van der Waals surface area contributed by atoms with Crippen LogP contribution in [0.15, 0.2) is 48.7 Å². The van der Waals surface area contributed by atoms with Crippen LogP contribution in [-0.4, -0.2) is 42.0 Å². The lowest BCUT2D eigenvalue weighted by Gasteiger charge is -2.10. The first-order valence-corrected chi connectivity index (χ1v) is 11.6. The number of H-pyrrole nitrogens is 1. The number of aromatic nitrogens is 6. The fourth-order valence-electron chi connectivity index (χ4n) is 4.44. The van der Waals surface area contributed by atoms with Gasteiger partial charge >= 0.3 is 6.18 Å². The van der Waals surface area contributed by atoms with Gasteiger partial charge in [-0.15, -0.1) is 0 Å². The molecule has 6 rings (SSSR count). The zero-order valence-electron chi connectivity index (χ0n) is 19.3. The van der Waals surface area contributed by atoms with Crippen molar-refractivity contribution in [1.82, 2.24) is 34.8 Å². The van der Waals surface area contributed by atoms with Crippen molar-refractivity contribution >= 4 is 27.8 Å². The van der Waals surface area contributed by atoms with Crippen molar-refractivity contribution in [2.45, 2.75) is 31.4 Å². The molecule has 8 nitrogen and oxygen atoms in total. The Bertz CT molecular complexity index is 1590. The van der Waals surface area contributed by atoms with Crippen LogP contribution in [0.4, 0.5) is 13.2 Å². The maximum absolute atomic E-state index is 13.0. The third-order valence-corrected chi connectivity index (χ3v) is 6.40. The summed E-state index contributed by atoms with van der Waals surface area (Å²) < 4.78 is 42.6. The van der Waals surface area contributed by atoms with Gasteiger partial charge in [0.25, 0.3) is 5.91 Å². The first-order valence-electron chi connectivity index (χ1n) is 11.6. The van der Waals surface area contributed by atoms with Crippen LogP contribution >= 0.6 is 0 Å². The third-order valence-electron chi connectivity index (χ3n) is 6.40. The van der Waals surface area contributed by atoms with Crippen LogP contribution in [0.3, 0.4) is 0 Å². The normalized spacial score (nSPS) is 14.1. The molecule has 0 saturated heterocycles. The molecule has 1 fully saturated rings. The molecule has 0 unspecified atom stereocenters. The van der Waals surface area contributed by atoms with Crippen molar-refractivity contribution in [3.8, 4) is 5.69 Å². The number of nitrogens with zero attached hydrogens (tertiary/aromatic N) is 5. The summed E-state index contributed by atoms with van der Waals surface area (Å²) in [5.74, 6) is 1.84. The van der Waals surface area contributed by atoms with Gasteiger partial charge in [-0.1, -0.05) is 0 Å². The van der Waals surface area contributed by atoms with E-state index in [2.05, 4.69) is 25.6 Å². The molecule has 0 radical (unpaired) electrons. The van der Waals surface area contributed by atoms with Crippen molar-refractivity contribution in [2.24, 2.45) is 7.05 Å². The van der Waals surface area contributed by atoms with Crippen LogP contribution in [0.2, 0.25) is 0 Å². The smallest absolute Gasteiger partial charge is 0.352 e. The van der Waals surface area contributed by atoms with Gasteiger partial charge in [-0.3, -0.25) is 19.1 Å². The Kier molecular flexibility index (Phi) is 5.09. The third kappa shape index (κ3) is 4.00. The van der Waals surface area contributed by atoms with Crippen LogP contribution in [0.25, 0.3) is 27.6 Å². The minimum Gasteiger partial charge on any atom is -0.352 e. The number of nitrogens with one attached hydrogen (secondary N) is 2. The number of fused-ring (bicyclic) bond motifs is 3. The molecule has 11 heteroatoms. The van der Waals surface area contributed by atoms with Gasteiger partial charge in [-0.05, 0) is 55.3 Å². The van der Waals surface area contributed by atoms with Gasteiger partial charge in [0.2, 0.25) is 0 Å². The van der Waals surface area contributed by atoms with Gasteiger partial charge in [-0.25, -0.2) is 4.98 Å². The minimum absolute atomic E-state index is 0.224. The SMILES string of the molecule is Cn1cc2c3cc(C(=O)NCCc4nc(C5CC5)n[nH]4)ccc3n(-c3ccc(C(F)(F)F)cc3)c2n1. The lowest BCUT2D eigenvalue weighted by atomic mass is 10.1. The second-order valence-corrected chi connectivity index (χ2v) is 9.07. The fourth-order valence-corrected chi connectivity index (χ4v) is 4.44. The van der Waals surface area contributed by atoms with Crippen LogP contribution in [0.5, 0.6) is 0 Å². The monoisotopic (exact) mass is 493 g/mol. The molecule has 0 atom stereocenters. The van der Waals surface area contributed by atoms with E-state index in [1.807, 2.05) is 6.20 Å². The summed E-state index contributed by atoms with van der Waals surface area (Å²) in [5, 5.41) is 16.2. The van der Waals surface area contributed by atoms with E-state index in [0.717, 1.165) is 52.9 Å². The molecular weight excluding hydrogens is 471 g/mol. The number of carbonyl (C=O) groups excluding carboxylic acids is 1. The number of aromatic amines is 1. The minimum atomic E-state index is -4.41. The van der Waals surface area contributed by atoms with Crippen molar-refractivity contribution in [1.29, 1.82) is 0 Å². The Balaban J connectivity index is 1.27. The Morgan fingerprint density at radius 3 is 2.64 bits per heavy atom. The zero-order valence-corrected chi connectivity index (χ0v) is 19.3. The quantitative estimate of drug-likeness (QED) is 0.364. The van der Waals surface area contributed by atoms with Crippen LogP contribution in [0.1, 0.15) is 46.3 Å². The maximum atomic E-state index is 13.0. The molecule has 0 aliphatic heterocycles.